The van der Waals surface area contributed by atoms with E-state index in [9.17, 15) is 20.0 Å². The van der Waals surface area contributed by atoms with Crippen molar-refractivity contribution in [3.05, 3.63) is 45.5 Å². The molecule has 2 aliphatic rings. The summed E-state index contributed by atoms with van der Waals surface area (Å²) in [5.74, 6) is 0.392. The molecule has 8 nitrogen and oxygen atoms in total. The van der Waals surface area contributed by atoms with Crippen LogP contribution < -0.4 is 5.32 Å². The average Bonchev–Trinajstić information content (AvgIpc) is 3.26. The van der Waals surface area contributed by atoms with E-state index < -0.39 is 6.23 Å². The lowest BCUT2D eigenvalue weighted by Crippen LogP contribution is -2.43. The van der Waals surface area contributed by atoms with Crippen LogP contribution >= 0.6 is 0 Å². The second-order valence-corrected chi connectivity index (χ2v) is 7.74. The predicted molar refractivity (Wildman–Crippen MR) is 110 cm³/mol. The summed E-state index contributed by atoms with van der Waals surface area (Å²) in [5, 5.41) is 23.8. The van der Waals surface area contributed by atoms with Crippen LogP contribution in [-0.2, 0) is 4.74 Å². The molecule has 29 heavy (non-hydrogen) atoms. The van der Waals surface area contributed by atoms with Gasteiger partial charge < -0.3 is 20.1 Å². The highest BCUT2D eigenvalue weighted by Gasteiger charge is 2.43. The Balaban J connectivity index is 0.000000237. The number of hydrogen-bond acceptors (Lipinski definition) is 6. The maximum absolute atomic E-state index is 12.4. The molecule has 1 unspecified atom stereocenters. The fourth-order valence-corrected chi connectivity index (χ4v) is 4.26. The number of nitro groups is 1. The molecule has 0 saturated carbocycles. The molecule has 1 aromatic carbocycles. The van der Waals surface area contributed by atoms with Crippen LogP contribution in [0, 0.1) is 22.0 Å². The first kappa shape index (κ1) is 23.3. The number of methoxy groups -OCH3 is 1. The highest BCUT2D eigenvalue weighted by atomic mass is 16.6. The largest absolute Gasteiger partial charge is 0.381 e. The van der Waals surface area contributed by atoms with Crippen LogP contribution in [0.3, 0.4) is 0 Å². The Labute approximate surface area is 172 Å². The molecule has 1 fully saturated rings. The molecule has 0 aliphatic carbocycles. The topological polar surface area (TPSA) is 105 Å². The van der Waals surface area contributed by atoms with Crippen molar-refractivity contribution in [2.75, 3.05) is 26.7 Å². The third kappa shape index (κ3) is 5.32. The van der Waals surface area contributed by atoms with Crippen molar-refractivity contribution in [2.45, 2.75) is 52.0 Å². The summed E-state index contributed by atoms with van der Waals surface area (Å²) in [6.07, 6.45) is 1.07. The Kier molecular flexibility index (Phi) is 8.55. The van der Waals surface area contributed by atoms with Crippen molar-refractivity contribution in [1.29, 1.82) is 0 Å². The summed E-state index contributed by atoms with van der Waals surface area (Å²) in [6.45, 7) is 7.62. The number of fused-ring (bicyclic) bond motifs is 1. The van der Waals surface area contributed by atoms with E-state index in [4.69, 9.17) is 4.74 Å². The van der Waals surface area contributed by atoms with Gasteiger partial charge in [-0.05, 0) is 18.4 Å². The zero-order chi connectivity index (χ0) is 21.6. The first-order valence-corrected chi connectivity index (χ1v) is 10.3. The summed E-state index contributed by atoms with van der Waals surface area (Å²) in [5.41, 5.74) is 1.39. The molecule has 2 N–H and O–H groups in total. The fraction of sp³-hybridized carbons (Fsp3) is 0.667. The van der Waals surface area contributed by atoms with Gasteiger partial charge in [0.1, 0.15) is 0 Å². The maximum Gasteiger partial charge on any atom is 0.256 e. The number of benzene rings is 1. The van der Waals surface area contributed by atoms with Crippen molar-refractivity contribution in [3.63, 3.8) is 0 Å². The van der Waals surface area contributed by atoms with Crippen molar-refractivity contribution in [1.82, 2.24) is 10.2 Å². The number of rotatable bonds is 7. The van der Waals surface area contributed by atoms with E-state index in [1.165, 1.54) is 0 Å². The smallest absolute Gasteiger partial charge is 0.256 e. The lowest BCUT2D eigenvalue weighted by molar-refractivity contribution is -0.489. The predicted octanol–water partition coefficient (Wildman–Crippen LogP) is 2.46. The molecule has 0 bridgehead atoms. The van der Waals surface area contributed by atoms with E-state index in [0.29, 0.717) is 11.5 Å². The Morgan fingerprint density at radius 3 is 2.59 bits per heavy atom. The molecule has 2 heterocycles. The Morgan fingerprint density at radius 1 is 1.34 bits per heavy atom. The molecule has 162 valence electrons. The molecule has 1 amide bonds. The maximum atomic E-state index is 12.4. The van der Waals surface area contributed by atoms with Crippen LogP contribution in [0.15, 0.2) is 24.3 Å². The minimum Gasteiger partial charge on any atom is -0.381 e. The molecule has 0 radical (unpaired) electrons. The van der Waals surface area contributed by atoms with E-state index >= 15 is 0 Å². The van der Waals surface area contributed by atoms with E-state index in [1.54, 1.807) is 18.1 Å². The summed E-state index contributed by atoms with van der Waals surface area (Å²) >= 11 is 0. The quantitative estimate of drug-likeness (QED) is 0.531. The zero-order valence-electron chi connectivity index (χ0n) is 17.7. The lowest BCUT2D eigenvalue weighted by atomic mass is 9.99. The first-order valence-electron chi connectivity index (χ1n) is 10.3. The first-order chi connectivity index (χ1) is 13.8. The molecule has 8 heteroatoms. The third-order valence-corrected chi connectivity index (χ3v) is 5.93. The number of carbonyl (C=O) groups excluding carboxylic acids is 1. The minimum absolute atomic E-state index is 0.000000000000000222. The van der Waals surface area contributed by atoms with E-state index in [0.717, 1.165) is 31.5 Å². The zero-order valence-corrected chi connectivity index (χ0v) is 17.7. The van der Waals surface area contributed by atoms with Gasteiger partial charge in [0.05, 0.1) is 12.1 Å². The summed E-state index contributed by atoms with van der Waals surface area (Å²) in [6, 6.07) is 7.44. The summed E-state index contributed by atoms with van der Waals surface area (Å²) < 4.78 is 5.06. The molecule has 0 spiro atoms. The number of aliphatic hydroxyl groups is 1. The molecule has 1 saturated heterocycles. The summed E-state index contributed by atoms with van der Waals surface area (Å²) in [4.78, 5) is 23.8. The van der Waals surface area contributed by atoms with Crippen LogP contribution in [0.25, 0.3) is 0 Å². The number of hydrogen-bond donors (Lipinski definition) is 2. The van der Waals surface area contributed by atoms with Gasteiger partial charge in [0, 0.05) is 42.2 Å². The van der Waals surface area contributed by atoms with Crippen LogP contribution in [-0.4, -0.2) is 59.7 Å². The monoisotopic (exact) mass is 407 g/mol. The van der Waals surface area contributed by atoms with Gasteiger partial charge in [-0.1, -0.05) is 45.4 Å². The number of aliphatic hydroxyl groups excluding tert-OH is 1. The van der Waals surface area contributed by atoms with E-state index in [-0.39, 0.29) is 35.4 Å². The van der Waals surface area contributed by atoms with Crippen molar-refractivity contribution >= 4 is 5.91 Å². The van der Waals surface area contributed by atoms with Crippen LogP contribution in [0.5, 0.6) is 0 Å². The van der Waals surface area contributed by atoms with Gasteiger partial charge in [0.2, 0.25) is 6.54 Å². The van der Waals surface area contributed by atoms with Gasteiger partial charge in [-0.25, -0.2) is 0 Å². The second kappa shape index (κ2) is 10.7. The fourth-order valence-electron chi connectivity index (χ4n) is 4.26. The highest BCUT2D eigenvalue weighted by molar-refractivity contribution is 5.99. The van der Waals surface area contributed by atoms with E-state index in [2.05, 4.69) is 12.2 Å². The van der Waals surface area contributed by atoms with Crippen molar-refractivity contribution in [3.8, 4) is 0 Å². The number of amides is 1. The van der Waals surface area contributed by atoms with Gasteiger partial charge in [-0.2, -0.15) is 0 Å². The number of nitrogens with zero attached hydrogens (tertiary/aromatic N) is 2. The standard InChI is InChI=1S/C14H18N2O2.C7H15NO3/c1-2-9-7-15-8-12(9)16-13(17)10-5-3-4-6-11(10)14(16)18;1-4-7(11-3)6(2)5-8(9)10/h3-6,9,12-13,15,17H,2,7-8H2,1H3;6-7H,4-5H2,1-3H3/t9-,12-,13?;6-,7+/m11/s1. The SMILES string of the molecule is CC[C@@H]1CNC[C@H]1N1C(=O)c2ccccc2C1O.CC[C@H](OC)[C@H](C)C[N+](=O)[O-]. The number of ether oxygens (including phenoxy) is 1. The molecule has 0 aromatic heterocycles. The van der Waals surface area contributed by atoms with Crippen molar-refractivity contribution in [2.24, 2.45) is 11.8 Å². The van der Waals surface area contributed by atoms with Gasteiger partial charge >= 0.3 is 0 Å². The lowest BCUT2D eigenvalue weighted by Gasteiger charge is -2.31. The molecular weight excluding hydrogens is 374 g/mol. The highest BCUT2D eigenvalue weighted by Crippen LogP contribution is 2.36. The van der Waals surface area contributed by atoms with Gasteiger partial charge in [-0.3, -0.25) is 14.9 Å². The van der Waals surface area contributed by atoms with Gasteiger partial charge in [-0.15, -0.1) is 0 Å². The Bertz CT molecular complexity index is 695. The molecular formula is C21H33N3O5. The van der Waals surface area contributed by atoms with Crippen LogP contribution in [0.4, 0.5) is 0 Å². The Morgan fingerprint density at radius 2 is 2.03 bits per heavy atom. The average molecular weight is 408 g/mol. The molecule has 5 atom stereocenters. The molecule has 3 rings (SSSR count). The van der Waals surface area contributed by atoms with Gasteiger partial charge in [0.25, 0.3) is 5.91 Å². The van der Waals surface area contributed by atoms with E-state index in [1.807, 2.05) is 32.0 Å². The normalized spacial score (nSPS) is 25.2. The van der Waals surface area contributed by atoms with Crippen LogP contribution in [0.1, 0.15) is 55.8 Å². The van der Waals surface area contributed by atoms with Crippen LogP contribution in [0.2, 0.25) is 0 Å². The molecule has 2 aliphatic heterocycles. The minimum atomic E-state index is -0.785. The summed E-state index contributed by atoms with van der Waals surface area (Å²) in [7, 11) is 1.59. The third-order valence-electron chi connectivity index (χ3n) is 5.93. The number of carbonyl (C=O) groups is 1. The van der Waals surface area contributed by atoms with Crippen molar-refractivity contribution < 1.29 is 19.6 Å². The Hall–Kier alpha value is -2.03. The van der Waals surface area contributed by atoms with Gasteiger partial charge in [0.15, 0.2) is 6.23 Å². The number of nitrogens with one attached hydrogen (secondary N) is 1. The molecule has 1 aromatic rings. The second-order valence-electron chi connectivity index (χ2n) is 7.74.